The van der Waals surface area contributed by atoms with Crippen LogP contribution in [0.5, 0.6) is 23.0 Å². The van der Waals surface area contributed by atoms with Crippen LogP contribution < -0.4 is 24.7 Å². The van der Waals surface area contributed by atoms with Gasteiger partial charge in [-0.15, -0.1) is 0 Å². The number of anilines is 1. The maximum Gasteiger partial charge on any atom is 0.205 e. The van der Waals surface area contributed by atoms with Crippen molar-refractivity contribution < 1.29 is 18.9 Å². The SMILES string of the molecule is COc1cc(Cc2c[nH]c3cccc(OC)c23)c(N)c(OC)c1OC. The van der Waals surface area contributed by atoms with Gasteiger partial charge in [-0.25, -0.2) is 0 Å². The second kappa shape index (κ2) is 6.84. The lowest BCUT2D eigenvalue weighted by Crippen LogP contribution is -2.03. The van der Waals surface area contributed by atoms with Crippen LogP contribution >= 0.6 is 0 Å². The quantitative estimate of drug-likeness (QED) is 0.672. The van der Waals surface area contributed by atoms with Gasteiger partial charge in [0.1, 0.15) is 5.75 Å². The molecule has 3 aromatic rings. The summed E-state index contributed by atoms with van der Waals surface area (Å²) in [4.78, 5) is 3.27. The van der Waals surface area contributed by atoms with Crippen molar-refractivity contribution in [3.63, 3.8) is 0 Å². The molecule has 25 heavy (non-hydrogen) atoms. The number of rotatable bonds is 6. The van der Waals surface area contributed by atoms with E-state index < -0.39 is 0 Å². The number of H-pyrrole nitrogens is 1. The van der Waals surface area contributed by atoms with Crippen LogP contribution in [-0.2, 0) is 6.42 Å². The lowest BCUT2D eigenvalue weighted by Gasteiger charge is -2.17. The number of methoxy groups -OCH3 is 4. The van der Waals surface area contributed by atoms with Crippen LogP contribution in [0, 0.1) is 0 Å². The molecule has 3 rings (SSSR count). The molecule has 0 bridgehead atoms. The van der Waals surface area contributed by atoms with Crippen molar-refractivity contribution in [2.75, 3.05) is 34.2 Å². The molecule has 3 N–H and O–H groups in total. The third-order valence-electron chi connectivity index (χ3n) is 4.30. The van der Waals surface area contributed by atoms with E-state index in [1.807, 2.05) is 30.5 Å². The number of aromatic amines is 1. The molecule has 1 aromatic heterocycles. The molecule has 0 spiro atoms. The van der Waals surface area contributed by atoms with Gasteiger partial charge in [0.2, 0.25) is 5.75 Å². The van der Waals surface area contributed by atoms with Gasteiger partial charge in [0, 0.05) is 23.5 Å². The standard InChI is InChI=1S/C19H22N2O4/c1-22-14-7-5-6-13-16(14)12(10-21-13)8-11-9-15(23-2)18(24-3)19(25-4)17(11)20/h5-7,9-10,21H,8,20H2,1-4H3. The van der Waals surface area contributed by atoms with Crippen LogP contribution in [0.1, 0.15) is 11.1 Å². The zero-order valence-electron chi connectivity index (χ0n) is 14.8. The lowest BCUT2D eigenvalue weighted by molar-refractivity contribution is 0.325. The van der Waals surface area contributed by atoms with Crippen molar-refractivity contribution in [3.8, 4) is 23.0 Å². The molecule has 0 saturated heterocycles. The van der Waals surface area contributed by atoms with Crippen molar-refractivity contribution in [1.82, 2.24) is 4.98 Å². The monoisotopic (exact) mass is 342 g/mol. The maximum atomic E-state index is 6.32. The van der Waals surface area contributed by atoms with Crippen LogP contribution in [0.4, 0.5) is 5.69 Å². The molecule has 2 aromatic carbocycles. The van der Waals surface area contributed by atoms with Crippen molar-refractivity contribution in [2.45, 2.75) is 6.42 Å². The van der Waals surface area contributed by atoms with Crippen molar-refractivity contribution in [2.24, 2.45) is 0 Å². The largest absolute Gasteiger partial charge is 0.496 e. The minimum Gasteiger partial charge on any atom is -0.496 e. The molecule has 6 nitrogen and oxygen atoms in total. The molecule has 0 amide bonds. The Bertz CT molecular complexity index is 902. The van der Waals surface area contributed by atoms with E-state index in [1.165, 1.54) is 0 Å². The van der Waals surface area contributed by atoms with Gasteiger partial charge in [-0.3, -0.25) is 0 Å². The molecule has 0 radical (unpaired) electrons. The molecule has 0 unspecified atom stereocenters. The minimum absolute atomic E-state index is 0.476. The molecule has 0 fully saturated rings. The number of hydrogen-bond donors (Lipinski definition) is 2. The summed E-state index contributed by atoms with van der Waals surface area (Å²) in [6, 6.07) is 7.79. The fourth-order valence-electron chi connectivity index (χ4n) is 3.11. The number of hydrogen-bond acceptors (Lipinski definition) is 5. The molecule has 0 saturated carbocycles. The van der Waals surface area contributed by atoms with E-state index in [0.29, 0.717) is 29.4 Å². The van der Waals surface area contributed by atoms with E-state index in [9.17, 15) is 0 Å². The number of benzene rings is 2. The van der Waals surface area contributed by atoms with Crippen molar-refractivity contribution in [3.05, 3.63) is 41.6 Å². The Morgan fingerprint density at radius 2 is 1.60 bits per heavy atom. The summed E-state index contributed by atoms with van der Waals surface area (Å²) >= 11 is 0. The Kier molecular flexibility index (Phi) is 4.61. The Morgan fingerprint density at radius 3 is 2.24 bits per heavy atom. The van der Waals surface area contributed by atoms with Gasteiger partial charge in [-0.05, 0) is 29.3 Å². The minimum atomic E-state index is 0.476. The highest BCUT2D eigenvalue weighted by Crippen LogP contribution is 2.44. The number of aromatic nitrogens is 1. The van der Waals surface area contributed by atoms with E-state index in [1.54, 1.807) is 28.4 Å². The Morgan fingerprint density at radius 1 is 0.880 bits per heavy atom. The molecule has 0 atom stereocenters. The van der Waals surface area contributed by atoms with Gasteiger partial charge in [-0.2, -0.15) is 0 Å². The molecule has 0 aliphatic rings. The normalized spacial score (nSPS) is 10.7. The lowest BCUT2D eigenvalue weighted by atomic mass is 10.0. The van der Waals surface area contributed by atoms with Gasteiger partial charge in [0.15, 0.2) is 11.5 Å². The number of nitrogens with two attached hydrogens (primary N) is 1. The van der Waals surface area contributed by atoms with Gasteiger partial charge in [0.25, 0.3) is 0 Å². The first-order chi connectivity index (χ1) is 12.1. The van der Waals surface area contributed by atoms with Crippen LogP contribution in [0.25, 0.3) is 10.9 Å². The Balaban J connectivity index is 2.13. The smallest absolute Gasteiger partial charge is 0.205 e. The molecule has 6 heteroatoms. The van der Waals surface area contributed by atoms with E-state index in [2.05, 4.69) is 4.98 Å². The molecule has 0 aliphatic heterocycles. The van der Waals surface area contributed by atoms with Gasteiger partial charge in [0.05, 0.1) is 34.1 Å². The van der Waals surface area contributed by atoms with Gasteiger partial charge in [-0.1, -0.05) is 6.07 Å². The number of fused-ring (bicyclic) bond motifs is 1. The summed E-state index contributed by atoms with van der Waals surface area (Å²) in [6.07, 6.45) is 2.57. The second-order valence-corrected chi connectivity index (χ2v) is 5.59. The topological polar surface area (TPSA) is 78.7 Å². The highest BCUT2D eigenvalue weighted by atomic mass is 16.5. The summed E-state index contributed by atoms with van der Waals surface area (Å²) < 4.78 is 21.8. The highest BCUT2D eigenvalue weighted by molar-refractivity contribution is 5.90. The molecule has 0 aliphatic carbocycles. The molecule has 1 heterocycles. The fraction of sp³-hybridized carbons (Fsp3) is 0.263. The zero-order chi connectivity index (χ0) is 18.0. The predicted molar refractivity (Wildman–Crippen MR) is 98.2 cm³/mol. The van der Waals surface area contributed by atoms with E-state index in [-0.39, 0.29) is 0 Å². The number of nitrogen functional groups attached to an aromatic ring is 1. The third-order valence-corrected chi connectivity index (χ3v) is 4.30. The average molecular weight is 342 g/mol. The van der Waals surface area contributed by atoms with E-state index >= 15 is 0 Å². The Hall–Kier alpha value is -3.02. The van der Waals surface area contributed by atoms with Gasteiger partial charge < -0.3 is 29.7 Å². The van der Waals surface area contributed by atoms with E-state index in [0.717, 1.165) is 27.8 Å². The number of nitrogens with one attached hydrogen (secondary N) is 1. The van der Waals surface area contributed by atoms with Crippen molar-refractivity contribution in [1.29, 1.82) is 0 Å². The summed E-state index contributed by atoms with van der Waals surface area (Å²) in [5.74, 6) is 2.36. The van der Waals surface area contributed by atoms with Crippen LogP contribution in [0.3, 0.4) is 0 Å². The molecular formula is C19H22N2O4. The summed E-state index contributed by atoms with van der Waals surface area (Å²) in [5, 5.41) is 1.04. The zero-order valence-corrected chi connectivity index (χ0v) is 14.8. The first kappa shape index (κ1) is 16.8. The van der Waals surface area contributed by atoms with Crippen LogP contribution in [-0.4, -0.2) is 33.4 Å². The summed E-state index contributed by atoms with van der Waals surface area (Å²) in [5.41, 5.74) is 9.84. The third kappa shape index (κ3) is 2.80. The van der Waals surface area contributed by atoms with Gasteiger partial charge >= 0.3 is 0 Å². The summed E-state index contributed by atoms with van der Waals surface area (Å²) in [6.45, 7) is 0. The van der Waals surface area contributed by atoms with Crippen molar-refractivity contribution >= 4 is 16.6 Å². The first-order valence-corrected chi connectivity index (χ1v) is 7.84. The fourth-order valence-corrected chi connectivity index (χ4v) is 3.11. The predicted octanol–water partition coefficient (Wildman–Crippen LogP) is 3.38. The van der Waals surface area contributed by atoms with Crippen LogP contribution in [0.2, 0.25) is 0 Å². The first-order valence-electron chi connectivity index (χ1n) is 7.84. The average Bonchev–Trinajstić information content (AvgIpc) is 3.05. The Labute approximate surface area is 146 Å². The number of ether oxygens (including phenoxy) is 4. The molecule has 132 valence electrons. The second-order valence-electron chi connectivity index (χ2n) is 5.59. The van der Waals surface area contributed by atoms with Crippen LogP contribution in [0.15, 0.2) is 30.5 Å². The maximum absolute atomic E-state index is 6.32. The summed E-state index contributed by atoms with van der Waals surface area (Å²) in [7, 11) is 6.38. The highest BCUT2D eigenvalue weighted by Gasteiger charge is 2.20. The molecular weight excluding hydrogens is 320 g/mol. The van der Waals surface area contributed by atoms with E-state index in [4.69, 9.17) is 24.7 Å².